The highest BCUT2D eigenvalue weighted by Gasteiger charge is 2.47. The predicted molar refractivity (Wildman–Crippen MR) is 94.6 cm³/mol. The highest BCUT2D eigenvalue weighted by Crippen LogP contribution is 2.30. The van der Waals surface area contributed by atoms with E-state index in [-0.39, 0.29) is 17.9 Å². The summed E-state index contributed by atoms with van der Waals surface area (Å²) < 4.78 is 70.6. The summed E-state index contributed by atoms with van der Waals surface area (Å²) in [7, 11) is -4.27. The first-order valence-electron chi connectivity index (χ1n) is 8.10. The third-order valence-electron chi connectivity index (χ3n) is 3.85. The normalized spacial score (nSPS) is 13.0. The van der Waals surface area contributed by atoms with Gasteiger partial charge in [-0.2, -0.15) is 17.7 Å². The first-order valence-corrected chi connectivity index (χ1v) is 10.4. The molecule has 2 rings (SSSR count). The number of nitrogens with zero attached hydrogens (tertiary/aromatic N) is 1. The monoisotopic (exact) mass is 425 g/mol. The van der Waals surface area contributed by atoms with Crippen LogP contribution in [-0.2, 0) is 16.5 Å². The second kappa shape index (κ2) is 9.63. The molecule has 2 aromatic rings. The van der Waals surface area contributed by atoms with Crippen LogP contribution in [0.3, 0.4) is 0 Å². The van der Waals surface area contributed by atoms with Gasteiger partial charge in [-0.15, -0.1) is 0 Å². The Morgan fingerprint density at radius 1 is 1.22 bits per heavy atom. The Morgan fingerprint density at radius 3 is 2.19 bits per heavy atom. The molecule has 1 N–H and O–H groups in total. The molecule has 27 heavy (non-hydrogen) atoms. The summed E-state index contributed by atoms with van der Waals surface area (Å²) >= 11 is 1.26. The first kappa shape index (κ1) is 23.5. The van der Waals surface area contributed by atoms with Gasteiger partial charge in [-0.05, 0) is 19.1 Å². The van der Waals surface area contributed by atoms with Crippen LogP contribution in [0.4, 0.5) is 13.2 Å². The molecule has 5 nitrogen and oxygen atoms in total. The van der Waals surface area contributed by atoms with Gasteiger partial charge in [-0.3, -0.25) is 0 Å². The number of hydrogen-bond acceptors (Lipinski definition) is 5. The number of benzene rings is 1. The highest BCUT2D eigenvalue weighted by molar-refractivity contribution is 7.85. The zero-order valence-corrected chi connectivity index (χ0v) is 16.8. The van der Waals surface area contributed by atoms with E-state index >= 15 is 0 Å². The molecule has 0 aliphatic rings. The quantitative estimate of drug-likeness (QED) is 0.589. The Morgan fingerprint density at radius 2 is 1.78 bits per heavy atom. The van der Waals surface area contributed by atoms with E-state index in [4.69, 9.17) is 5.11 Å². The van der Waals surface area contributed by atoms with Crippen LogP contribution < -0.4 is 4.57 Å². The maximum Gasteiger partial charge on any atom is 0.451 e. The van der Waals surface area contributed by atoms with Gasteiger partial charge < -0.3 is 9.66 Å². The maximum absolute atomic E-state index is 12.7. The van der Waals surface area contributed by atoms with Gasteiger partial charge in [0, 0.05) is 26.4 Å². The van der Waals surface area contributed by atoms with Gasteiger partial charge in [0.05, 0.1) is 9.77 Å². The van der Waals surface area contributed by atoms with E-state index in [9.17, 15) is 26.1 Å². The molecule has 0 aliphatic carbocycles. The van der Waals surface area contributed by atoms with Crippen molar-refractivity contribution in [2.24, 2.45) is 0 Å². The summed E-state index contributed by atoms with van der Waals surface area (Å²) in [4.78, 5) is 0.633. The third-order valence-corrected chi connectivity index (χ3v) is 5.81. The average Bonchev–Trinajstić information content (AvgIpc) is 2.89. The Bertz CT molecular complexity index is 831. The van der Waals surface area contributed by atoms with Gasteiger partial charge in [-0.1, -0.05) is 36.0 Å². The average molecular weight is 425 g/mol. The Hall–Kier alpha value is -1.49. The van der Waals surface area contributed by atoms with Gasteiger partial charge in [0.2, 0.25) is 5.51 Å². The van der Waals surface area contributed by atoms with E-state index in [0.717, 1.165) is 10.4 Å². The number of aliphatic hydroxyl groups excluding tert-OH is 1. The summed E-state index contributed by atoms with van der Waals surface area (Å²) in [6, 6.07) is 4.32. The lowest BCUT2D eigenvalue weighted by Crippen LogP contribution is -2.47. The summed E-state index contributed by atoms with van der Waals surface area (Å²) in [5.41, 5.74) is 3.02. The van der Waals surface area contributed by atoms with Gasteiger partial charge in [0.25, 0.3) is 6.04 Å². The predicted octanol–water partition coefficient (Wildman–Crippen LogP) is 3.29. The smallest absolute Gasteiger partial charge is 0.451 e. The molecule has 0 saturated carbocycles. The highest BCUT2D eigenvalue weighted by atomic mass is 32.2. The van der Waals surface area contributed by atoms with E-state index in [1.165, 1.54) is 40.5 Å². The van der Waals surface area contributed by atoms with Crippen LogP contribution in [-0.4, -0.2) is 30.9 Å². The van der Waals surface area contributed by atoms with E-state index in [0.29, 0.717) is 12.1 Å². The van der Waals surface area contributed by atoms with Crippen molar-refractivity contribution in [2.45, 2.75) is 50.7 Å². The number of thiazole rings is 1. The SMILES string of the molecule is CCC([n+]1csc(CCO)c1C)C(F)(F)F.Cc1ccc(S(=O)(=O)[O-])cc1. The van der Waals surface area contributed by atoms with E-state index in [1.54, 1.807) is 19.1 Å². The number of rotatable bonds is 5. The van der Waals surface area contributed by atoms with Crippen LogP contribution in [0.5, 0.6) is 0 Å². The summed E-state index contributed by atoms with van der Waals surface area (Å²) in [6.45, 7) is 4.97. The first-order chi connectivity index (χ1) is 12.4. The zero-order valence-electron chi connectivity index (χ0n) is 15.2. The minimum atomic E-state index is -4.27. The number of hydrogen-bond donors (Lipinski definition) is 1. The van der Waals surface area contributed by atoms with Crippen LogP contribution in [0.15, 0.2) is 34.7 Å². The molecular formula is C17H22F3NO4S2. The number of aliphatic hydroxyl groups is 1. The molecule has 1 heterocycles. The van der Waals surface area contributed by atoms with Crippen molar-refractivity contribution in [3.63, 3.8) is 0 Å². The molecule has 0 fully saturated rings. The van der Waals surface area contributed by atoms with Crippen molar-refractivity contribution >= 4 is 21.5 Å². The standard InChI is InChI=1S/C10H15F3NOS.C7H8O3S/c1-3-9(10(11,12)13)14-6-16-8(4-5-15)7(14)2;1-6-2-4-7(5-3-6)11(8,9)10/h6,9,15H,3-5H2,1-2H3;2-5H,1H3,(H,8,9,10)/q+1;/p-1. The Labute approximate surface area is 160 Å². The second-order valence-corrected chi connectivity index (χ2v) is 8.16. The summed E-state index contributed by atoms with van der Waals surface area (Å²) in [5.74, 6) is 0. The van der Waals surface area contributed by atoms with Crippen molar-refractivity contribution in [1.82, 2.24) is 0 Å². The maximum atomic E-state index is 12.7. The van der Waals surface area contributed by atoms with Crippen molar-refractivity contribution < 1.29 is 35.8 Å². The van der Waals surface area contributed by atoms with Crippen molar-refractivity contribution in [2.75, 3.05) is 6.61 Å². The molecule has 0 bridgehead atoms. The van der Waals surface area contributed by atoms with Gasteiger partial charge in [0.15, 0.2) is 5.69 Å². The fraction of sp³-hybridized carbons (Fsp3) is 0.471. The number of halogens is 3. The minimum Gasteiger partial charge on any atom is -0.744 e. The van der Waals surface area contributed by atoms with Crippen molar-refractivity contribution in [3.05, 3.63) is 45.9 Å². The van der Waals surface area contributed by atoms with Gasteiger partial charge in [-0.25, -0.2) is 8.42 Å². The molecule has 0 aliphatic heterocycles. The molecule has 0 amide bonds. The van der Waals surface area contributed by atoms with Crippen molar-refractivity contribution in [3.8, 4) is 0 Å². The molecule has 10 heteroatoms. The summed E-state index contributed by atoms with van der Waals surface area (Å²) in [6.07, 6.45) is -3.79. The largest absolute Gasteiger partial charge is 0.744 e. The van der Waals surface area contributed by atoms with Crippen LogP contribution in [0, 0.1) is 13.8 Å². The van der Waals surface area contributed by atoms with E-state index in [2.05, 4.69) is 0 Å². The zero-order chi connectivity index (χ0) is 20.8. The number of alkyl halides is 3. The molecule has 0 saturated heterocycles. The molecule has 1 aromatic heterocycles. The third kappa shape index (κ3) is 6.87. The lowest BCUT2D eigenvalue weighted by molar-refractivity contribution is -0.748. The number of aryl methyl sites for hydroxylation is 1. The van der Waals surface area contributed by atoms with Crippen LogP contribution in [0.25, 0.3) is 0 Å². The Balaban J connectivity index is 0.000000289. The van der Waals surface area contributed by atoms with E-state index < -0.39 is 22.3 Å². The van der Waals surface area contributed by atoms with Crippen LogP contribution in [0.2, 0.25) is 0 Å². The molecule has 0 spiro atoms. The van der Waals surface area contributed by atoms with E-state index in [1.807, 2.05) is 6.92 Å². The van der Waals surface area contributed by atoms with Crippen molar-refractivity contribution in [1.29, 1.82) is 0 Å². The fourth-order valence-corrected chi connectivity index (χ4v) is 3.87. The molecule has 1 atom stereocenters. The molecule has 0 radical (unpaired) electrons. The van der Waals surface area contributed by atoms with Crippen LogP contribution in [0.1, 0.15) is 35.5 Å². The molecular weight excluding hydrogens is 403 g/mol. The lowest BCUT2D eigenvalue weighted by Gasteiger charge is -2.13. The fourth-order valence-electron chi connectivity index (χ4n) is 2.37. The van der Waals surface area contributed by atoms with Crippen LogP contribution >= 0.6 is 11.3 Å². The van der Waals surface area contributed by atoms with Gasteiger partial charge >= 0.3 is 6.18 Å². The molecule has 152 valence electrons. The molecule has 1 unspecified atom stereocenters. The van der Waals surface area contributed by atoms with Gasteiger partial charge in [0.1, 0.15) is 10.1 Å². The number of aromatic nitrogens is 1. The lowest BCUT2D eigenvalue weighted by atomic mass is 10.2. The topological polar surface area (TPSA) is 81.3 Å². The summed E-state index contributed by atoms with van der Waals surface area (Å²) in [5, 5.41) is 8.78. The molecule has 1 aromatic carbocycles. The second-order valence-electron chi connectivity index (χ2n) is 5.85. The minimum absolute atomic E-state index is 0.0182. The Kier molecular flexibility index (Phi) is 8.40.